The second-order valence-electron chi connectivity index (χ2n) is 9.09. The van der Waals surface area contributed by atoms with Crippen molar-refractivity contribution in [1.29, 1.82) is 0 Å². The summed E-state index contributed by atoms with van der Waals surface area (Å²) < 4.78 is 18.8. The molecule has 0 heterocycles. The maximum atomic E-state index is 13.5. The van der Waals surface area contributed by atoms with Gasteiger partial charge in [-0.1, -0.05) is 0 Å². The highest BCUT2D eigenvalue weighted by molar-refractivity contribution is 7.99. The Hall–Kier alpha value is -2.33. The molecule has 0 radical (unpaired) electrons. The number of carboxylic acids is 2. The molecule has 0 aromatic heterocycles. The average molecular weight is 456 g/mol. The Morgan fingerprint density at radius 1 is 1.26 bits per heavy atom. The number of thioether (sulfide) groups is 1. The van der Waals surface area contributed by atoms with Gasteiger partial charge in [0, 0.05) is 28.4 Å². The molecule has 0 spiro atoms. The molecular formula is C21H26FNO7S. The fraction of sp³-hybridized carbons (Fsp3) is 0.571. The van der Waals surface area contributed by atoms with Crippen molar-refractivity contribution in [3.8, 4) is 0 Å². The first-order valence-corrected chi connectivity index (χ1v) is 10.8. The van der Waals surface area contributed by atoms with Crippen molar-refractivity contribution < 1.29 is 38.8 Å². The van der Waals surface area contributed by atoms with Crippen molar-refractivity contribution in [3.05, 3.63) is 29.6 Å². The Morgan fingerprint density at radius 3 is 2.42 bits per heavy atom. The lowest BCUT2D eigenvalue weighted by atomic mass is 9.80. The minimum atomic E-state index is -2.00. The fourth-order valence-corrected chi connectivity index (χ4v) is 5.83. The molecule has 31 heavy (non-hydrogen) atoms. The van der Waals surface area contributed by atoms with Crippen LogP contribution in [0.15, 0.2) is 23.1 Å². The molecule has 2 saturated carbocycles. The van der Waals surface area contributed by atoms with E-state index in [1.54, 1.807) is 39.8 Å². The van der Waals surface area contributed by atoms with Gasteiger partial charge in [-0.3, -0.25) is 4.79 Å². The highest BCUT2D eigenvalue weighted by Gasteiger charge is 2.79. The molecule has 1 aromatic rings. The molecule has 8 nitrogen and oxygen atoms in total. The van der Waals surface area contributed by atoms with E-state index in [-0.39, 0.29) is 11.6 Å². The van der Waals surface area contributed by atoms with Gasteiger partial charge in [-0.05, 0) is 51.5 Å². The SMILES string of the molecule is Cc1cc(SC[C@@H]2[C@@H](O)[C@H]3[C@H](C(=O)O)[C@H]3[C@]2(NC(=O)OC(C)(C)C)C(=O)O)ccc1F. The average Bonchev–Trinajstić information content (AvgIpc) is 3.32. The number of carbonyl (C=O) groups excluding carboxylic acids is 1. The molecule has 0 aliphatic heterocycles. The predicted molar refractivity (Wildman–Crippen MR) is 109 cm³/mol. The number of nitrogens with one attached hydrogen (secondary N) is 1. The van der Waals surface area contributed by atoms with Crippen molar-refractivity contribution in [2.24, 2.45) is 23.7 Å². The van der Waals surface area contributed by atoms with E-state index in [1.165, 1.54) is 17.8 Å². The molecule has 0 saturated heterocycles. The van der Waals surface area contributed by atoms with Crippen molar-refractivity contribution in [2.45, 2.75) is 49.8 Å². The molecule has 0 unspecified atom stereocenters. The smallest absolute Gasteiger partial charge is 0.408 e. The summed E-state index contributed by atoms with van der Waals surface area (Å²) in [7, 11) is 0. The number of rotatable bonds is 6. The Bertz CT molecular complexity index is 917. The van der Waals surface area contributed by atoms with E-state index in [0.717, 1.165) is 0 Å². The maximum Gasteiger partial charge on any atom is 0.408 e. The predicted octanol–water partition coefficient (Wildman–Crippen LogP) is 2.51. The molecule has 0 bridgehead atoms. The summed E-state index contributed by atoms with van der Waals surface area (Å²) in [6.45, 7) is 6.46. The van der Waals surface area contributed by atoms with Gasteiger partial charge in [-0.15, -0.1) is 11.8 Å². The Labute approximate surface area is 183 Å². The third-order valence-corrected chi connectivity index (χ3v) is 7.01. The zero-order valence-electron chi connectivity index (χ0n) is 17.6. The van der Waals surface area contributed by atoms with E-state index >= 15 is 0 Å². The van der Waals surface area contributed by atoms with Gasteiger partial charge in [0.25, 0.3) is 0 Å². The summed E-state index contributed by atoms with van der Waals surface area (Å²) in [5.74, 6) is -6.74. The van der Waals surface area contributed by atoms with Crippen LogP contribution in [0.2, 0.25) is 0 Å². The van der Waals surface area contributed by atoms with Crippen LogP contribution in [-0.4, -0.2) is 56.3 Å². The van der Waals surface area contributed by atoms with Gasteiger partial charge in [0.05, 0.1) is 12.0 Å². The van der Waals surface area contributed by atoms with E-state index in [9.17, 15) is 34.1 Å². The minimum Gasteiger partial charge on any atom is -0.481 e. The van der Waals surface area contributed by atoms with Crippen molar-refractivity contribution >= 4 is 29.8 Å². The molecule has 6 atom stereocenters. The first-order valence-electron chi connectivity index (χ1n) is 9.84. The number of aliphatic carboxylic acids is 2. The van der Waals surface area contributed by atoms with Crippen LogP contribution in [0.25, 0.3) is 0 Å². The van der Waals surface area contributed by atoms with E-state index in [1.807, 2.05) is 0 Å². The zero-order chi connectivity index (χ0) is 23.3. The monoisotopic (exact) mass is 455 g/mol. The fourth-order valence-electron chi connectivity index (χ4n) is 4.58. The quantitative estimate of drug-likeness (QED) is 0.481. The van der Waals surface area contributed by atoms with E-state index in [2.05, 4.69) is 5.32 Å². The molecule has 170 valence electrons. The van der Waals surface area contributed by atoms with Crippen LogP contribution < -0.4 is 5.32 Å². The lowest BCUT2D eigenvalue weighted by Gasteiger charge is -2.37. The number of hydrogen-bond donors (Lipinski definition) is 4. The van der Waals surface area contributed by atoms with E-state index < -0.39 is 58.9 Å². The van der Waals surface area contributed by atoms with Crippen LogP contribution in [0.4, 0.5) is 9.18 Å². The number of amides is 1. The van der Waals surface area contributed by atoms with Gasteiger partial charge in [0.2, 0.25) is 0 Å². The van der Waals surface area contributed by atoms with Crippen molar-refractivity contribution in [2.75, 3.05) is 5.75 Å². The molecule has 2 fully saturated rings. The van der Waals surface area contributed by atoms with Gasteiger partial charge in [0.1, 0.15) is 11.4 Å². The minimum absolute atomic E-state index is 0.0771. The first-order chi connectivity index (χ1) is 14.3. The lowest BCUT2D eigenvalue weighted by Crippen LogP contribution is -2.63. The van der Waals surface area contributed by atoms with Gasteiger partial charge < -0.3 is 25.4 Å². The number of ether oxygens (including phenoxy) is 1. The summed E-state index contributed by atoms with van der Waals surface area (Å²) in [6, 6.07) is 4.44. The Balaban J connectivity index is 1.91. The Kier molecular flexibility index (Phi) is 6.01. The number of alkyl carbamates (subject to hydrolysis) is 1. The number of halogens is 1. The number of benzene rings is 1. The van der Waals surface area contributed by atoms with Gasteiger partial charge in [-0.25, -0.2) is 14.0 Å². The number of aryl methyl sites for hydroxylation is 1. The zero-order valence-corrected chi connectivity index (χ0v) is 18.4. The first kappa shape index (κ1) is 23.3. The number of carboxylic acid groups (broad SMARTS) is 2. The summed E-state index contributed by atoms with van der Waals surface area (Å²) in [5.41, 5.74) is -2.48. The number of hydrogen-bond acceptors (Lipinski definition) is 6. The Morgan fingerprint density at radius 2 is 1.90 bits per heavy atom. The number of carbonyl (C=O) groups is 3. The van der Waals surface area contributed by atoms with Gasteiger partial charge >= 0.3 is 18.0 Å². The number of fused-ring (bicyclic) bond motifs is 1. The number of aliphatic hydroxyl groups excluding tert-OH is 1. The van der Waals surface area contributed by atoms with E-state index in [0.29, 0.717) is 10.5 Å². The van der Waals surface area contributed by atoms with Crippen LogP contribution in [0.1, 0.15) is 26.3 Å². The third kappa shape index (κ3) is 4.23. The van der Waals surface area contributed by atoms with Crippen LogP contribution in [0.3, 0.4) is 0 Å². The van der Waals surface area contributed by atoms with Crippen LogP contribution >= 0.6 is 11.8 Å². The summed E-state index contributed by atoms with van der Waals surface area (Å²) in [4.78, 5) is 37.2. The molecule has 1 aromatic carbocycles. The largest absolute Gasteiger partial charge is 0.481 e. The maximum absolute atomic E-state index is 13.5. The van der Waals surface area contributed by atoms with Crippen LogP contribution in [0.5, 0.6) is 0 Å². The normalized spacial score (nSPS) is 31.6. The molecule has 2 aliphatic rings. The molecule has 2 aliphatic carbocycles. The summed E-state index contributed by atoms with van der Waals surface area (Å²) in [6.07, 6.45) is -2.24. The van der Waals surface area contributed by atoms with E-state index in [4.69, 9.17) is 4.74 Å². The third-order valence-electron chi connectivity index (χ3n) is 5.90. The molecule has 4 N–H and O–H groups in total. The summed E-state index contributed by atoms with van der Waals surface area (Å²) >= 11 is 1.21. The molecule has 1 amide bonds. The van der Waals surface area contributed by atoms with Gasteiger partial charge in [0.15, 0.2) is 5.54 Å². The highest BCUT2D eigenvalue weighted by atomic mass is 32.2. The summed E-state index contributed by atoms with van der Waals surface area (Å²) in [5, 5.41) is 32.9. The van der Waals surface area contributed by atoms with Crippen molar-refractivity contribution in [1.82, 2.24) is 5.32 Å². The second kappa shape index (κ2) is 7.98. The topological polar surface area (TPSA) is 133 Å². The standard InChI is InChI=1S/C21H26FNO7S/c1-9-7-10(5-6-12(9)22)31-8-11-16(24)13-14(17(25)26)15(13)21(11,18(27)28)23-19(29)30-20(2,3)4/h5-7,11,13-16,24H,8H2,1-4H3,(H,23,29)(H,25,26)(H,27,28)/t11-,13+,14+,15+,16-,21+/m1/s1. The molecule has 10 heteroatoms. The number of aliphatic hydroxyl groups is 1. The van der Waals surface area contributed by atoms with Gasteiger partial charge in [-0.2, -0.15) is 0 Å². The highest BCUT2D eigenvalue weighted by Crippen LogP contribution is 2.65. The second-order valence-corrected chi connectivity index (χ2v) is 10.2. The van der Waals surface area contributed by atoms with Crippen LogP contribution in [0, 0.1) is 36.4 Å². The van der Waals surface area contributed by atoms with Crippen LogP contribution in [-0.2, 0) is 14.3 Å². The lowest BCUT2D eigenvalue weighted by molar-refractivity contribution is -0.150. The molecule has 3 rings (SSSR count). The molecular weight excluding hydrogens is 429 g/mol. The van der Waals surface area contributed by atoms with Crippen molar-refractivity contribution in [3.63, 3.8) is 0 Å².